The number of nitrogens with zero attached hydrogens (tertiary/aromatic N) is 2. The predicted octanol–water partition coefficient (Wildman–Crippen LogP) is -0.935. The molecule has 0 saturated carbocycles. The third kappa shape index (κ3) is 3.74. The van der Waals surface area contributed by atoms with E-state index in [0.29, 0.717) is 44.2 Å². The van der Waals surface area contributed by atoms with Crippen LogP contribution in [0, 0.1) is 0 Å². The van der Waals surface area contributed by atoms with Crippen molar-refractivity contribution in [3.05, 3.63) is 17.3 Å². The number of thiophene rings is 1. The normalized spacial score (nSPS) is 21.0. The summed E-state index contributed by atoms with van der Waals surface area (Å²) in [6.07, 6.45) is 1.49. The van der Waals surface area contributed by atoms with Gasteiger partial charge in [-0.3, -0.25) is 9.21 Å². The van der Waals surface area contributed by atoms with Gasteiger partial charge in [0.25, 0.3) is 10.0 Å². The summed E-state index contributed by atoms with van der Waals surface area (Å²) in [4.78, 5) is 2.08. The number of rotatable bonds is 5. The molecule has 0 unspecified atom stereocenters. The summed E-state index contributed by atoms with van der Waals surface area (Å²) in [6, 6.07) is 1.22. The molecule has 0 amide bonds. The molecular formula is C13H19N3O6S3. The smallest absolute Gasteiger partial charge is 0.274 e. The first kappa shape index (κ1) is 18.8. The van der Waals surface area contributed by atoms with Gasteiger partial charge in [0.2, 0.25) is 10.0 Å². The number of hydrogen-bond donors (Lipinski definition) is 2. The SMILES string of the molecule is NS(=O)(=O)c1cc2c(s1)S(=O)(=O)N(CCN1CCOCC1)C(CO)=C2. The van der Waals surface area contributed by atoms with Crippen LogP contribution in [0.4, 0.5) is 0 Å². The largest absolute Gasteiger partial charge is 0.390 e. The van der Waals surface area contributed by atoms with Gasteiger partial charge in [-0.05, 0) is 12.1 Å². The Morgan fingerprint density at radius 1 is 1.28 bits per heavy atom. The third-order valence-electron chi connectivity index (χ3n) is 4.03. The second-order valence-electron chi connectivity index (χ2n) is 5.68. The molecule has 1 saturated heterocycles. The van der Waals surface area contributed by atoms with Gasteiger partial charge in [-0.2, -0.15) is 0 Å². The minimum atomic E-state index is -4.00. The van der Waals surface area contributed by atoms with Crippen molar-refractivity contribution < 1.29 is 26.7 Å². The van der Waals surface area contributed by atoms with Crippen molar-refractivity contribution in [1.82, 2.24) is 9.21 Å². The molecule has 3 N–H and O–H groups in total. The van der Waals surface area contributed by atoms with E-state index in [-0.39, 0.29) is 26.2 Å². The van der Waals surface area contributed by atoms with Crippen molar-refractivity contribution in [2.75, 3.05) is 46.0 Å². The second kappa shape index (κ2) is 6.95. The maximum Gasteiger partial charge on any atom is 0.274 e. The van der Waals surface area contributed by atoms with Gasteiger partial charge in [-0.15, -0.1) is 11.3 Å². The topological polar surface area (TPSA) is 130 Å². The summed E-state index contributed by atoms with van der Waals surface area (Å²) in [5.41, 5.74) is 0.445. The zero-order valence-corrected chi connectivity index (χ0v) is 15.7. The fraction of sp³-hybridized carbons (Fsp3) is 0.538. The molecular weight excluding hydrogens is 390 g/mol. The molecule has 9 nitrogen and oxygen atoms in total. The monoisotopic (exact) mass is 409 g/mol. The molecule has 0 aliphatic carbocycles. The molecule has 2 aliphatic heterocycles. The lowest BCUT2D eigenvalue weighted by atomic mass is 10.2. The van der Waals surface area contributed by atoms with Crippen molar-refractivity contribution in [1.29, 1.82) is 0 Å². The number of aliphatic hydroxyl groups is 1. The molecule has 0 aromatic carbocycles. The average molecular weight is 410 g/mol. The highest BCUT2D eigenvalue weighted by atomic mass is 32.3. The second-order valence-corrected chi connectivity index (χ2v) is 10.6. The highest BCUT2D eigenvalue weighted by molar-refractivity contribution is 7.94. The molecule has 0 atom stereocenters. The molecule has 12 heteroatoms. The van der Waals surface area contributed by atoms with Gasteiger partial charge in [0.15, 0.2) is 0 Å². The summed E-state index contributed by atoms with van der Waals surface area (Å²) < 4.78 is 54.9. The molecule has 3 heterocycles. The fourth-order valence-electron chi connectivity index (χ4n) is 2.76. The van der Waals surface area contributed by atoms with Crippen LogP contribution in [0.1, 0.15) is 5.56 Å². The van der Waals surface area contributed by atoms with Gasteiger partial charge in [0, 0.05) is 31.7 Å². The number of primary sulfonamides is 1. The Morgan fingerprint density at radius 3 is 2.56 bits per heavy atom. The summed E-state index contributed by atoms with van der Waals surface area (Å²) in [7, 11) is -7.94. The van der Waals surface area contributed by atoms with E-state index in [0.717, 1.165) is 4.31 Å². The molecule has 1 fully saturated rings. The zero-order valence-electron chi connectivity index (χ0n) is 13.3. The van der Waals surface area contributed by atoms with Crippen molar-refractivity contribution in [3.8, 4) is 0 Å². The molecule has 0 radical (unpaired) electrons. The van der Waals surface area contributed by atoms with Crippen LogP contribution in [-0.4, -0.2) is 77.1 Å². The number of nitrogens with two attached hydrogens (primary N) is 1. The first-order valence-electron chi connectivity index (χ1n) is 7.54. The summed E-state index contributed by atoms with van der Waals surface area (Å²) in [5, 5.41) is 14.7. The van der Waals surface area contributed by atoms with Gasteiger partial charge in [0.05, 0.1) is 25.5 Å². The first-order valence-corrected chi connectivity index (χ1v) is 11.3. The molecule has 140 valence electrons. The Hall–Kier alpha value is -1.02. The predicted molar refractivity (Wildman–Crippen MR) is 91.9 cm³/mol. The van der Waals surface area contributed by atoms with E-state index < -0.39 is 26.7 Å². The van der Waals surface area contributed by atoms with Crippen LogP contribution in [0.2, 0.25) is 0 Å². The van der Waals surface area contributed by atoms with E-state index in [1.807, 2.05) is 0 Å². The van der Waals surface area contributed by atoms with Gasteiger partial charge >= 0.3 is 0 Å². The van der Waals surface area contributed by atoms with Crippen LogP contribution in [0.5, 0.6) is 0 Å². The zero-order chi connectivity index (χ0) is 18.2. The summed E-state index contributed by atoms with van der Waals surface area (Å²) in [5.74, 6) is 0. The van der Waals surface area contributed by atoms with E-state index in [1.165, 1.54) is 12.1 Å². The molecule has 3 rings (SSSR count). The van der Waals surface area contributed by atoms with Gasteiger partial charge < -0.3 is 9.84 Å². The van der Waals surface area contributed by atoms with E-state index in [1.54, 1.807) is 0 Å². The van der Waals surface area contributed by atoms with E-state index in [9.17, 15) is 21.9 Å². The Morgan fingerprint density at radius 2 is 1.96 bits per heavy atom. The van der Waals surface area contributed by atoms with Gasteiger partial charge in [0.1, 0.15) is 8.42 Å². The maximum atomic E-state index is 12.9. The van der Waals surface area contributed by atoms with Crippen molar-refractivity contribution >= 4 is 37.5 Å². The Balaban J connectivity index is 1.90. The van der Waals surface area contributed by atoms with Crippen LogP contribution in [0.25, 0.3) is 6.08 Å². The number of aliphatic hydroxyl groups excluding tert-OH is 1. The highest BCUT2D eigenvalue weighted by Crippen LogP contribution is 2.38. The number of sulfonamides is 2. The molecule has 1 aromatic rings. The van der Waals surface area contributed by atoms with Crippen LogP contribution >= 0.6 is 11.3 Å². The van der Waals surface area contributed by atoms with E-state index in [4.69, 9.17) is 9.88 Å². The molecule has 2 aliphatic rings. The van der Waals surface area contributed by atoms with Crippen molar-refractivity contribution in [2.45, 2.75) is 8.42 Å². The van der Waals surface area contributed by atoms with Crippen LogP contribution in [-0.2, 0) is 24.8 Å². The average Bonchev–Trinajstić information content (AvgIpc) is 3.00. The van der Waals surface area contributed by atoms with Gasteiger partial charge in [-0.1, -0.05) is 0 Å². The summed E-state index contributed by atoms with van der Waals surface area (Å²) in [6.45, 7) is 2.81. The van der Waals surface area contributed by atoms with E-state index >= 15 is 0 Å². The lowest BCUT2D eigenvalue weighted by Crippen LogP contribution is -2.43. The molecule has 1 aromatic heterocycles. The summed E-state index contributed by atoms with van der Waals surface area (Å²) >= 11 is 0.625. The fourth-order valence-corrected chi connectivity index (χ4v) is 6.85. The highest BCUT2D eigenvalue weighted by Gasteiger charge is 2.35. The molecule has 25 heavy (non-hydrogen) atoms. The Labute approximate surface area is 150 Å². The maximum absolute atomic E-state index is 12.9. The number of morpholine rings is 1. The minimum absolute atomic E-state index is 0.0734. The van der Waals surface area contributed by atoms with E-state index in [2.05, 4.69) is 4.90 Å². The van der Waals surface area contributed by atoms with Crippen molar-refractivity contribution in [3.63, 3.8) is 0 Å². The van der Waals surface area contributed by atoms with Crippen LogP contribution in [0.3, 0.4) is 0 Å². The standard InChI is InChI=1S/C13H19N3O6S3/c14-24(18,19)12-8-10-7-11(9-17)16(25(20,21)13(10)23-12)2-1-15-3-5-22-6-4-15/h7-8,17H,1-6,9H2,(H2,14,18,19). The van der Waals surface area contributed by atoms with Crippen LogP contribution < -0.4 is 5.14 Å². The Bertz CT molecular complexity index is 884. The third-order valence-corrected chi connectivity index (χ3v) is 8.98. The number of fused-ring (bicyclic) bond motifs is 1. The Kier molecular flexibility index (Phi) is 5.21. The lowest BCUT2D eigenvalue weighted by Gasteiger charge is -2.32. The first-order chi connectivity index (χ1) is 11.7. The quantitative estimate of drug-likeness (QED) is 0.642. The number of hydrogen-bond acceptors (Lipinski definition) is 8. The molecule has 0 bridgehead atoms. The van der Waals surface area contributed by atoms with Crippen LogP contribution in [0.15, 0.2) is 20.2 Å². The molecule has 0 spiro atoms. The van der Waals surface area contributed by atoms with Crippen molar-refractivity contribution in [2.24, 2.45) is 5.14 Å². The lowest BCUT2D eigenvalue weighted by molar-refractivity contribution is 0.0367. The van der Waals surface area contributed by atoms with Gasteiger partial charge in [-0.25, -0.2) is 22.0 Å². The minimum Gasteiger partial charge on any atom is -0.390 e. The number of ether oxygens (including phenoxy) is 1.